The van der Waals surface area contributed by atoms with Crippen LogP contribution < -0.4 is 0 Å². The fourth-order valence-corrected chi connectivity index (χ4v) is 3.10. The summed E-state index contributed by atoms with van der Waals surface area (Å²) in [5.41, 5.74) is 1.12. The third kappa shape index (κ3) is 5.67. The molecular formula is C16H17BrO2S. The number of hydrogen-bond donors (Lipinski definition) is 1. The summed E-state index contributed by atoms with van der Waals surface area (Å²) in [7, 11) is 0. The van der Waals surface area contributed by atoms with Gasteiger partial charge in [-0.15, -0.1) is 11.8 Å². The van der Waals surface area contributed by atoms with Crippen molar-refractivity contribution in [2.75, 3.05) is 12.4 Å². The van der Waals surface area contributed by atoms with Crippen molar-refractivity contribution in [3.63, 3.8) is 0 Å². The van der Waals surface area contributed by atoms with Crippen molar-refractivity contribution in [2.24, 2.45) is 0 Å². The van der Waals surface area contributed by atoms with Gasteiger partial charge in [0, 0.05) is 15.1 Å². The van der Waals surface area contributed by atoms with E-state index < -0.39 is 6.10 Å². The van der Waals surface area contributed by atoms with Crippen LogP contribution in [0.4, 0.5) is 0 Å². The molecule has 2 aromatic rings. The molecule has 1 unspecified atom stereocenters. The zero-order valence-corrected chi connectivity index (χ0v) is 13.4. The largest absolute Gasteiger partial charge is 0.390 e. The molecule has 0 saturated heterocycles. The van der Waals surface area contributed by atoms with Gasteiger partial charge in [0.15, 0.2) is 0 Å². The molecule has 2 aromatic carbocycles. The second-order valence-electron chi connectivity index (χ2n) is 4.42. The molecule has 0 fully saturated rings. The minimum absolute atomic E-state index is 0.357. The molecule has 2 rings (SSSR count). The highest BCUT2D eigenvalue weighted by molar-refractivity contribution is 9.10. The summed E-state index contributed by atoms with van der Waals surface area (Å²) >= 11 is 5.07. The Balaban J connectivity index is 1.67. The topological polar surface area (TPSA) is 29.5 Å². The highest BCUT2D eigenvalue weighted by atomic mass is 79.9. The Morgan fingerprint density at radius 1 is 1.10 bits per heavy atom. The van der Waals surface area contributed by atoms with Gasteiger partial charge in [0.2, 0.25) is 0 Å². The standard InChI is InChI=1S/C16H17BrO2S/c17-14-7-4-8-16(9-14)20-12-15(18)11-19-10-13-5-2-1-3-6-13/h1-9,15,18H,10-12H2. The number of hydrogen-bond acceptors (Lipinski definition) is 3. The quantitative estimate of drug-likeness (QED) is 0.760. The molecule has 4 heteroatoms. The van der Waals surface area contributed by atoms with Crippen LogP contribution in [0.5, 0.6) is 0 Å². The lowest BCUT2D eigenvalue weighted by molar-refractivity contribution is 0.0398. The Bertz CT molecular complexity index is 519. The first kappa shape index (κ1) is 15.6. The molecule has 0 amide bonds. The molecule has 20 heavy (non-hydrogen) atoms. The van der Waals surface area contributed by atoms with E-state index in [-0.39, 0.29) is 0 Å². The summed E-state index contributed by atoms with van der Waals surface area (Å²) < 4.78 is 6.57. The van der Waals surface area contributed by atoms with E-state index in [1.54, 1.807) is 11.8 Å². The Morgan fingerprint density at radius 3 is 2.65 bits per heavy atom. The molecular weight excluding hydrogens is 336 g/mol. The smallest absolute Gasteiger partial charge is 0.0867 e. The highest BCUT2D eigenvalue weighted by Gasteiger charge is 2.06. The zero-order valence-electron chi connectivity index (χ0n) is 11.0. The van der Waals surface area contributed by atoms with Crippen LogP contribution >= 0.6 is 27.7 Å². The van der Waals surface area contributed by atoms with Gasteiger partial charge in [-0.3, -0.25) is 0 Å². The number of halogens is 1. The van der Waals surface area contributed by atoms with Crippen molar-refractivity contribution in [3.05, 3.63) is 64.6 Å². The van der Waals surface area contributed by atoms with Crippen LogP contribution in [-0.2, 0) is 11.3 Å². The average molecular weight is 353 g/mol. The van der Waals surface area contributed by atoms with Gasteiger partial charge < -0.3 is 9.84 Å². The van der Waals surface area contributed by atoms with E-state index in [0.717, 1.165) is 14.9 Å². The Kier molecular flexibility index (Phi) is 6.60. The van der Waals surface area contributed by atoms with Crippen LogP contribution in [0.2, 0.25) is 0 Å². The third-order valence-corrected chi connectivity index (χ3v) is 4.29. The van der Waals surface area contributed by atoms with E-state index in [2.05, 4.69) is 15.9 Å². The van der Waals surface area contributed by atoms with E-state index in [4.69, 9.17) is 4.74 Å². The number of rotatable bonds is 7. The summed E-state index contributed by atoms with van der Waals surface area (Å²) in [5, 5.41) is 9.90. The van der Waals surface area contributed by atoms with Gasteiger partial charge in [0.05, 0.1) is 19.3 Å². The molecule has 0 spiro atoms. The molecule has 0 aliphatic heterocycles. The highest BCUT2D eigenvalue weighted by Crippen LogP contribution is 2.22. The summed E-state index contributed by atoms with van der Waals surface area (Å²) in [6.45, 7) is 0.898. The first-order valence-electron chi connectivity index (χ1n) is 6.42. The maximum Gasteiger partial charge on any atom is 0.0867 e. The number of aliphatic hydroxyl groups is 1. The predicted octanol–water partition coefficient (Wildman–Crippen LogP) is 4.12. The lowest BCUT2D eigenvalue weighted by atomic mass is 10.2. The molecule has 0 saturated carbocycles. The summed E-state index contributed by atoms with van der Waals surface area (Å²) in [4.78, 5) is 1.14. The molecule has 1 atom stereocenters. The number of benzene rings is 2. The average Bonchev–Trinajstić information content (AvgIpc) is 2.46. The summed E-state index contributed by atoms with van der Waals surface area (Å²) in [6, 6.07) is 18.0. The molecule has 0 aliphatic carbocycles. The monoisotopic (exact) mass is 352 g/mol. The predicted molar refractivity (Wildman–Crippen MR) is 87.0 cm³/mol. The Hall–Kier alpha value is -0.810. The third-order valence-electron chi connectivity index (χ3n) is 2.66. The minimum Gasteiger partial charge on any atom is -0.390 e. The van der Waals surface area contributed by atoms with Gasteiger partial charge in [-0.1, -0.05) is 52.3 Å². The maximum absolute atomic E-state index is 9.90. The van der Waals surface area contributed by atoms with Crippen LogP contribution in [0.25, 0.3) is 0 Å². The summed E-state index contributed by atoms with van der Waals surface area (Å²) in [5.74, 6) is 0.630. The summed E-state index contributed by atoms with van der Waals surface area (Å²) in [6.07, 6.45) is -0.456. The van der Waals surface area contributed by atoms with Gasteiger partial charge in [-0.25, -0.2) is 0 Å². The molecule has 2 nitrogen and oxygen atoms in total. The number of ether oxygens (including phenoxy) is 1. The fourth-order valence-electron chi connectivity index (χ4n) is 1.68. The lowest BCUT2D eigenvalue weighted by Gasteiger charge is -2.11. The molecule has 0 radical (unpaired) electrons. The van der Waals surface area contributed by atoms with Gasteiger partial charge in [-0.2, -0.15) is 0 Å². The van der Waals surface area contributed by atoms with Crippen LogP contribution in [-0.4, -0.2) is 23.6 Å². The first-order chi connectivity index (χ1) is 9.74. The SMILES string of the molecule is OC(COCc1ccccc1)CSc1cccc(Br)c1. The van der Waals surface area contributed by atoms with Crippen LogP contribution in [0.1, 0.15) is 5.56 Å². The Labute approximate surface area is 132 Å². The van der Waals surface area contributed by atoms with Crippen molar-refractivity contribution < 1.29 is 9.84 Å². The maximum atomic E-state index is 9.90. The van der Waals surface area contributed by atoms with Crippen molar-refractivity contribution in [1.29, 1.82) is 0 Å². The molecule has 0 aromatic heterocycles. The first-order valence-corrected chi connectivity index (χ1v) is 8.20. The zero-order chi connectivity index (χ0) is 14.2. The molecule has 0 aliphatic rings. The molecule has 0 heterocycles. The second-order valence-corrected chi connectivity index (χ2v) is 6.43. The van der Waals surface area contributed by atoms with E-state index in [0.29, 0.717) is 19.0 Å². The Morgan fingerprint density at radius 2 is 1.90 bits per heavy atom. The lowest BCUT2D eigenvalue weighted by Crippen LogP contribution is -2.17. The van der Waals surface area contributed by atoms with Crippen LogP contribution in [0.15, 0.2) is 64.0 Å². The number of aliphatic hydroxyl groups excluding tert-OH is 1. The van der Waals surface area contributed by atoms with Gasteiger partial charge >= 0.3 is 0 Å². The van der Waals surface area contributed by atoms with Crippen molar-refractivity contribution in [2.45, 2.75) is 17.6 Å². The van der Waals surface area contributed by atoms with Gasteiger partial charge in [-0.05, 0) is 23.8 Å². The van der Waals surface area contributed by atoms with Crippen molar-refractivity contribution >= 4 is 27.7 Å². The van der Waals surface area contributed by atoms with Crippen LogP contribution in [0.3, 0.4) is 0 Å². The van der Waals surface area contributed by atoms with E-state index in [9.17, 15) is 5.11 Å². The normalized spacial score (nSPS) is 12.3. The number of thioether (sulfide) groups is 1. The van der Waals surface area contributed by atoms with Crippen LogP contribution in [0, 0.1) is 0 Å². The van der Waals surface area contributed by atoms with E-state index in [1.165, 1.54) is 0 Å². The van der Waals surface area contributed by atoms with E-state index >= 15 is 0 Å². The van der Waals surface area contributed by atoms with Crippen molar-refractivity contribution in [1.82, 2.24) is 0 Å². The molecule has 106 valence electrons. The van der Waals surface area contributed by atoms with Gasteiger partial charge in [0.25, 0.3) is 0 Å². The van der Waals surface area contributed by atoms with E-state index in [1.807, 2.05) is 54.6 Å². The molecule has 0 bridgehead atoms. The molecule has 1 N–H and O–H groups in total. The minimum atomic E-state index is -0.456. The fraction of sp³-hybridized carbons (Fsp3) is 0.250. The van der Waals surface area contributed by atoms with Crippen molar-refractivity contribution in [3.8, 4) is 0 Å². The second kappa shape index (κ2) is 8.47. The van der Waals surface area contributed by atoms with Gasteiger partial charge in [0.1, 0.15) is 0 Å².